The number of nitrogens with one attached hydrogen (secondary N) is 2. The first-order valence-electron chi connectivity index (χ1n) is 9.37. The number of pyridine rings is 1. The summed E-state index contributed by atoms with van der Waals surface area (Å²) < 4.78 is 13.5. The van der Waals surface area contributed by atoms with Crippen LogP contribution in [0, 0.1) is 0 Å². The van der Waals surface area contributed by atoms with Crippen molar-refractivity contribution in [3.63, 3.8) is 0 Å². The van der Waals surface area contributed by atoms with E-state index >= 15 is 0 Å². The summed E-state index contributed by atoms with van der Waals surface area (Å²) >= 11 is 6.03. The zero-order valence-corrected chi connectivity index (χ0v) is 16.1. The molecule has 1 aliphatic rings. The molecule has 0 unspecified atom stereocenters. The minimum absolute atomic E-state index is 0.167. The minimum atomic E-state index is -0.945. The third-order valence-corrected chi connectivity index (χ3v) is 4.95. The van der Waals surface area contributed by atoms with E-state index in [0.29, 0.717) is 29.0 Å². The molecule has 1 aliphatic carbocycles. The van der Waals surface area contributed by atoms with Crippen LogP contribution >= 0.6 is 11.6 Å². The van der Waals surface area contributed by atoms with Gasteiger partial charge in [-0.1, -0.05) is 24.6 Å². The predicted molar refractivity (Wildman–Crippen MR) is 106 cm³/mol. The van der Waals surface area contributed by atoms with Crippen LogP contribution in [0.1, 0.15) is 39.0 Å². The van der Waals surface area contributed by atoms with Crippen LogP contribution in [0.4, 0.5) is 16.2 Å². The highest BCUT2D eigenvalue weighted by molar-refractivity contribution is 6.29. The van der Waals surface area contributed by atoms with E-state index in [9.17, 15) is 9.50 Å². The fraction of sp³-hybridized carbons (Fsp3) is 0.526. The van der Waals surface area contributed by atoms with Crippen LogP contribution in [-0.2, 0) is 0 Å². The lowest BCUT2D eigenvalue weighted by Crippen LogP contribution is -2.29. The maximum Gasteiger partial charge on any atom is 0.224 e. The Hall–Kier alpha value is -1.99. The first-order valence-corrected chi connectivity index (χ1v) is 9.75. The number of hydrogen-bond donors (Lipinski definition) is 3. The second-order valence-corrected chi connectivity index (χ2v) is 7.22. The lowest BCUT2D eigenvalue weighted by atomic mass is 9.93. The Balaban J connectivity index is 1.85. The highest BCUT2D eigenvalue weighted by atomic mass is 35.5. The standard InChI is InChI=1S/C19H25ClFN5O/c1-2-12(21)10-22-19-23-11-15(16-4-3-5-17(20)25-16)18(26-19)24-13-6-8-14(27)9-7-13/h3-5,11-14,27H,2,6-10H2,1H3,(H2,22,23,24,26)/t12-,13?,14?/m0/s1. The van der Waals surface area contributed by atoms with E-state index in [2.05, 4.69) is 25.6 Å². The molecule has 0 aliphatic heterocycles. The summed E-state index contributed by atoms with van der Waals surface area (Å²) in [5, 5.41) is 16.5. The van der Waals surface area contributed by atoms with Crippen molar-refractivity contribution in [1.82, 2.24) is 15.0 Å². The molecule has 0 radical (unpaired) electrons. The van der Waals surface area contributed by atoms with E-state index in [1.54, 1.807) is 19.2 Å². The number of hydrogen-bond acceptors (Lipinski definition) is 6. The average molecular weight is 394 g/mol. The van der Waals surface area contributed by atoms with Crippen molar-refractivity contribution in [3.05, 3.63) is 29.5 Å². The Morgan fingerprint density at radius 1 is 1.26 bits per heavy atom. The molecule has 2 aromatic heterocycles. The highest BCUT2D eigenvalue weighted by Crippen LogP contribution is 2.29. The van der Waals surface area contributed by atoms with Gasteiger partial charge in [0.2, 0.25) is 5.95 Å². The van der Waals surface area contributed by atoms with E-state index in [-0.39, 0.29) is 18.7 Å². The lowest BCUT2D eigenvalue weighted by Gasteiger charge is -2.27. The number of alkyl halides is 1. The molecule has 0 saturated heterocycles. The van der Waals surface area contributed by atoms with E-state index in [1.807, 2.05) is 12.1 Å². The van der Waals surface area contributed by atoms with Crippen LogP contribution in [-0.4, -0.2) is 44.9 Å². The normalized spacial score (nSPS) is 20.9. The topological polar surface area (TPSA) is 83.0 Å². The number of halogens is 2. The van der Waals surface area contributed by atoms with Gasteiger partial charge in [0.15, 0.2) is 0 Å². The molecule has 2 aromatic rings. The van der Waals surface area contributed by atoms with Crippen LogP contribution in [0.15, 0.2) is 24.4 Å². The van der Waals surface area contributed by atoms with E-state index in [4.69, 9.17) is 11.6 Å². The van der Waals surface area contributed by atoms with Crippen molar-refractivity contribution in [2.45, 2.75) is 57.3 Å². The second kappa shape index (κ2) is 9.28. The summed E-state index contributed by atoms with van der Waals surface area (Å²) in [7, 11) is 0. The summed E-state index contributed by atoms with van der Waals surface area (Å²) in [6, 6.07) is 5.59. The molecule has 0 spiro atoms. The van der Waals surface area contributed by atoms with Crippen molar-refractivity contribution in [1.29, 1.82) is 0 Å². The third kappa shape index (κ3) is 5.49. The summed E-state index contributed by atoms with van der Waals surface area (Å²) in [6.07, 6.45) is 4.18. The van der Waals surface area contributed by atoms with Crippen LogP contribution in [0.25, 0.3) is 11.3 Å². The zero-order valence-electron chi connectivity index (χ0n) is 15.3. The Kier molecular flexibility index (Phi) is 6.79. The van der Waals surface area contributed by atoms with E-state index in [0.717, 1.165) is 31.2 Å². The average Bonchev–Trinajstić information content (AvgIpc) is 2.68. The van der Waals surface area contributed by atoms with Gasteiger partial charge >= 0.3 is 0 Å². The number of rotatable bonds is 7. The Morgan fingerprint density at radius 3 is 2.74 bits per heavy atom. The molecule has 0 amide bonds. The van der Waals surface area contributed by atoms with Crippen LogP contribution in [0.2, 0.25) is 5.15 Å². The number of aliphatic hydroxyl groups excluding tert-OH is 1. The van der Waals surface area contributed by atoms with Crippen LogP contribution in [0.5, 0.6) is 0 Å². The van der Waals surface area contributed by atoms with Gasteiger partial charge in [0, 0.05) is 18.8 Å². The molecule has 1 fully saturated rings. The SMILES string of the molecule is CC[C@H](F)CNc1ncc(-c2cccc(Cl)n2)c(NC2CCC(O)CC2)n1. The quantitative estimate of drug-likeness (QED) is 0.615. The van der Waals surface area contributed by atoms with Gasteiger partial charge in [-0.2, -0.15) is 4.98 Å². The summed E-state index contributed by atoms with van der Waals surface area (Å²) in [4.78, 5) is 13.2. The summed E-state index contributed by atoms with van der Waals surface area (Å²) in [5.41, 5.74) is 1.41. The molecule has 1 saturated carbocycles. The molecular weight excluding hydrogens is 369 g/mol. The molecule has 0 bridgehead atoms. The van der Waals surface area contributed by atoms with E-state index in [1.165, 1.54) is 0 Å². The fourth-order valence-electron chi connectivity index (χ4n) is 3.08. The monoisotopic (exact) mass is 393 g/mol. The van der Waals surface area contributed by atoms with Crippen molar-refractivity contribution in [2.24, 2.45) is 0 Å². The first-order chi connectivity index (χ1) is 13.0. The lowest BCUT2D eigenvalue weighted by molar-refractivity contribution is 0.126. The van der Waals surface area contributed by atoms with Gasteiger partial charge in [-0.25, -0.2) is 14.4 Å². The molecule has 0 aromatic carbocycles. The van der Waals surface area contributed by atoms with Crippen molar-refractivity contribution >= 4 is 23.4 Å². The molecule has 6 nitrogen and oxygen atoms in total. The fourth-order valence-corrected chi connectivity index (χ4v) is 3.25. The molecule has 27 heavy (non-hydrogen) atoms. The predicted octanol–water partition coefficient (Wildman–Crippen LogP) is 4.07. The minimum Gasteiger partial charge on any atom is -0.393 e. The summed E-state index contributed by atoms with van der Waals surface area (Å²) in [5.74, 6) is 1.01. The maximum atomic E-state index is 13.5. The molecule has 1 atom stereocenters. The first kappa shape index (κ1) is 19.8. The Bertz CT molecular complexity index is 755. The number of aromatic nitrogens is 3. The second-order valence-electron chi connectivity index (χ2n) is 6.84. The summed E-state index contributed by atoms with van der Waals surface area (Å²) in [6.45, 7) is 1.96. The molecule has 8 heteroatoms. The molecule has 3 N–H and O–H groups in total. The van der Waals surface area contributed by atoms with Gasteiger partial charge in [-0.15, -0.1) is 0 Å². The molecular formula is C19H25ClFN5O. The maximum absolute atomic E-state index is 13.5. The third-order valence-electron chi connectivity index (χ3n) is 4.74. The van der Waals surface area contributed by atoms with Crippen LogP contribution < -0.4 is 10.6 Å². The number of anilines is 2. The molecule has 2 heterocycles. The molecule has 3 rings (SSSR count). The van der Waals surface area contributed by atoms with Crippen molar-refractivity contribution < 1.29 is 9.50 Å². The highest BCUT2D eigenvalue weighted by Gasteiger charge is 2.21. The number of aliphatic hydroxyl groups is 1. The van der Waals surface area contributed by atoms with Gasteiger partial charge in [0.25, 0.3) is 0 Å². The number of nitrogens with zero attached hydrogens (tertiary/aromatic N) is 3. The van der Waals surface area contributed by atoms with Gasteiger partial charge in [-0.05, 0) is 44.2 Å². The van der Waals surface area contributed by atoms with E-state index < -0.39 is 6.17 Å². The largest absolute Gasteiger partial charge is 0.393 e. The van der Waals surface area contributed by atoms with Crippen LogP contribution in [0.3, 0.4) is 0 Å². The van der Waals surface area contributed by atoms with Gasteiger partial charge in [0.05, 0.1) is 17.4 Å². The smallest absolute Gasteiger partial charge is 0.224 e. The van der Waals surface area contributed by atoms with Gasteiger partial charge < -0.3 is 15.7 Å². The Labute approximate surface area is 163 Å². The van der Waals surface area contributed by atoms with Crippen molar-refractivity contribution in [2.75, 3.05) is 17.2 Å². The van der Waals surface area contributed by atoms with Gasteiger partial charge in [0.1, 0.15) is 17.1 Å². The van der Waals surface area contributed by atoms with Crippen molar-refractivity contribution in [3.8, 4) is 11.3 Å². The van der Waals surface area contributed by atoms with Gasteiger partial charge in [-0.3, -0.25) is 0 Å². The molecule has 146 valence electrons. The Morgan fingerprint density at radius 2 is 2.04 bits per heavy atom. The zero-order chi connectivity index (χ0) is 19.2.